The van der Waals surface area contributed by atoms with Crippen molar-refractivity contribution in [2.75, 3.05) is 19.7 Å². The van der Waals surface area contributed by atoms with Crippen LogP contribution in [0.5, 0.6) is 5.75 Å². The van der Waals surface area contributed by atoms with Crippen molar-refractivity contribution < 1.29 is 9.53 Å². The third-order valence-electron chi connectivity index (χ3n) is 3.35. The maximum absolute atomic E-state index is 11.1. The fourth-order valence-electron chi connectivity index (χ4n) is 2.28. The lowest BCUT2D eigenvalue weighted by atomic mass is 10.0. The van der Waals surface area contributed by atoms with Gasteiger partial charge in [-0.3, -0.25) is 4.79 Å². The van der Waals surface area contributed by atoms with Crippen molar-refractivity contribution in [3.63, 3.8) is 0 Å². The number of nitrogens with one attached hydrogen (secondary N) is 1. The molecule has 1 aliphatic heterocycles. The number of rotatable bonds is 4. The molecule has 1 saturated heterocycles. The molecule has 18 heavy (non-hydrogen) atoms. The molecular formula is C14H20N2O2. The van der Waals surface area contributed by atoms with Crippen LogP contribution in [-0.2, 0) is 0 Å². The van der Waals surface area contributed by atoms with Crippen LogP contribution in [0.15, 0.2) is 18.2 Å². The molecule has 1 aliphatic rings. The molecule has 1 atom stereocenters. The van der Waals surface area contributed by atoms with Gasteiger partial charge in [-0.1, -0.05) is 0 Å². The van der Waals surface area contributed by atoms with Crippen LogP contribution in [0, 0.1) is 12.8 Å². The topological polar surface area (TPSA) is 64.3 Å². The number of hydrogen-bond acceptors (Lipinski definition) is 3. The molecule has 3 N–H and O–H groups in total. The van der Waals surface area contributed by atoms with Gasteiger partial charge in [0, 0.05) is 18.0 Å². The molecule has 98 valence electrons. The minimum atomic E-state index is -0.393. The van der Waals surface area contributed by atoms with Crippen molar-refractivity contribution in [2.45, 2.75) is 19.8 Å². The molecule has 0 radical (unpaired) electrons. The molecule has 2 rings (SSSR count). The van der Waals surface area contributed by atoms with E-state index in [2.05, 4.69) is 5.32 Å². The van der Waals surface area contributed by atoms with Gasteiger partial charge in [0.2, 0.25) is 5.91 Å². The summed E-state index contributed by atoms with van der Waals surface area (Å²) in [7, 11) is 0. The quantitative estimate of drug-likeness (QED) is 0.848. The number of amides is 1. The van der Waals surface area contributed by atoms with E-state index >= 15 is 0 Å². The predicted octanol–water partition coefficient (Wildman–Crippen LogP) is 1.47. The summed E-state index contributed by atoms with van der Waals surface area (Å²) in [5.41, 5.74) is 6.69. The Kier molecular flexibility index (Phi) is 4.20. The van der Waals surface area contributed by atoms with Gasteiger partial charge in [0.1, 0.15) is 5.75 Å². The van der Waals surface area contributed by atoms with Crippen molar-refractivity contribution in [3.8, 4) is 5.75 Å². The largest absolute Gasteiger partial charge is 0.493 e. The van der Waals surface area contributed by atoms with Crippen LogP contribution in [0.25, 0.3) is 0 Å². The van der Waals surface area contributed by atoms with E-state index in [0.717, 1.165) is 31.0 Å². The van der Waals surface area contributed by atoms with Gasteiger partial charge >= 0.3 is 0 Å². The molecule has 1 heterocycles. The number of ether oxygens (including phenoxy) is 1. The predicted molar refractivity (Wildman–Crippen MR) is 70.8 cm³/mol. The fourth-order valence-corrected chi connectivity index (χ4v) is 2.28. The Hall–Kier alpha value is -1.55. The summed E-state index contributed by atoms with van der Waals surface area (Å²) < 4.78 is 5.77. The van der Waals surface area contributed by atoms with E-state index in [1.807, 2.05) is 19.1 Å². The smallest absolute Gasteiger partial charge is 0.248 e. The molecule has 4 heteroatoms. The van der Waals surface area contributed by atoms with E-state index in [0.29, 0.717) is 11.5 Å². The SMILES string of the molecule is Cc1cc(OCC2CCCNC2)ccc1C(N)=O. The molecule has 0 aliphatic carbocycles. The molecule has 1 fully saturated rings. The third kappa shape index (κ3) is 3.23. The Morgan fingerprint density at radius 2 is 2.39 bits per heavy atom. The highest BCUT2D eigenvalue weighted by Gasteiger charge is 2.14. The normalized spacial score (nSPS) is 19.5. The third-order valence-corrected chi connectivity index (χ3v) is 3.35. The number of carbonyl (C=O) groups is 1. The van der Waals surface area contributed by atoms with Gasteiger partial charge in [-0.05, 0) is 50.1 Å². The number of aryl methyl sites for hydroxylation is 1. The average molecular weight is 248 g/mol. The van der Waals surface area contributed by atoms with Crippen molar-refractivity contribution in [2.24, 2.45) is 11.7 Å². The molecular weight excluding hydrogens is 228 g/mol. The maximum atomic E-state index is 11.1. The van der Waals surface area contributed by atoms with Crippen molar-refractivity contribution in [3.05, 3.63) is 29.3 Å². The summed E-state index contributed by atoms with van der Waals surface area (Å²) in [5, 5.41) is 3.37. The first kappa shape index (κ1) is 12.9. The van der Waals surface area contributed by atoms with E-state index in [1.54, 1.807) is 6.07 Å². The zero-order valence-corrected chi connectivity index (χ0v) is 10.7. The highest BCUT2D eigenvalue weighted by Crippen LogP contribution is 2.19. The molecule has 1 unspecified atom stereocenters. The maximum Gasteiger partial charge on any atom is 0.248 e. The van der Waals surface area contributed by atoms with E-state index < -0.39 is 5.91 Å². The zero-order valence-electron chi connectivity index (χ0n) is 10.7. The first-order chi connectivity index (χ1) is 8.66. The fraction of sp³-hybridized carbons (Fsp3) is 0.500. The molecule has 1 amide bonds. The Morgan fingerprint density at radius 3 is 3.00 bits per heavy atom. The van der Waals surface area contributed by atoms with Gasteiger partial charge in [0.25, 0.3) is 0 Å². The first-order valence-electron chi connectivity index (χ1n) is 6.41. The van der Waals surface area contributed by atoms with Gasteiger partial charge in [-0.15, -0.1) is 0 Å². The average Bonchev–Trinajstić information content (AvgIpc) is 2.37. The summed E-state index contributed by atoms with van der Waals surface area (Å²) in [5.74, 6) is 0.994. The molecule has 4 nitrogen and oxygen atoms in total. The Balaban J connectivity index is 1.93. The Bertz CT molecular complexity index is 426. The van der Waals surface area contributed by atoms with Crippen LogP contribution >= 0.6 is 0 Å². The molecule has 0 bridgehead atoms. The number of piperidine rings is 1. The van der Waals surface area contributed by atoms with Crippen LogP contribution in [-0.4, -0.2) is 25.6 Å². The van der Waals surface area contributed by atoms with Gasteiger partial charge in [0.15, 0.2) is 0 Å². The van der Waals surface area contributed by atoms with Crippen LogP contribution in [0.3, 0.4) is 0 Å². The lowest BCUT2D eigenvalue weighted by Gasteiger charge is -2.22. The van der Waals surface area contributed by atoms with Crippen LogP contribution < -0.4 is 15.8 Å². The first-order valence-corrected chi connectivity index (χ1v) is 6.41. The second kappa shape index (κ2) is 5.87. The van der Waals surface area contributed by atoms with Crippen LogP contribution in [0.1, 0.15) is 28.8 Å². The molecule has 0 saturated carbocycles. The van der Waals surface area contributed by atoms with Crippen molar-refractivity contribution in [1.82, 2.24) is 5.32 Å². The van der Waals surface area contributed by atoms with Crippen molar-refractivity contribution >= 4 is 5.91 Å². The molecule has 0 spiro atoms. The van der Waals surface area contributed by atoms with E-state index in [4.69, 9.17) is 10.5 Å². The Morgan fingerprint density at radius 1 is 1.56 bits per heavy atom. The number of nitrogens with two attached hydrogens (primary N) is 1. The highest BCUT2D eigenvalue weighted by atomic mass is 16.5. The molecule has 1 aromatic rings. The van der Waals surface area contributed by atoms with Gasteiger partial charge < -0.3 is 15.8 Å². The number of hydrogen-bond donors (Lipinski definition) is 2. The van der Waals surface area contributed by atoms with Crippen LogP contribution in [0.2, 0.25) is 0 Å². The lowest BCUT2D eigenvalue weighted by Crippen LogP contribution is -2.33. The van der Waals surface area contributed by atoms with Crippen molar-refractivity contribution in [1.29, 1.82) is 0 Å². The Labute approximate surface area is 108 Å². The van der Waals surface area contributed by atoms with Crippen LogP contribution in [0.4, 0.5) is 0 Å². The second-order valence-corrected chi connectivity index (χ2v) is 4.86. The summed E-state index contributed by atoms with van der Waals surface area (Å²) in [6.45, 7) is 4.73. The van der Waals surface area contributed by atoms with Gasteiger partial charge in [-0.2, -0.15) is 0 Å². The standard InChI is InChI=1S/C14H20N2O2/c1-10-7-12(4-5-13(10)14(15)17)18-9-11-3-2-6-16-8-11/h4-5,7,11,16H,2-3,6,8-9H2,1H3,(H2,15,17). The molecule has 0 aromatic heterocycles. The van der Waals surface area contributed by atoms with Gasteiger partial charge in [0.05, 0.1) is 6.61 Å². The summed E-state index contributed by atoms with van der Waals surface area (Å²) in [4.78, 5) is 11.1. The van der Waals surface area contributed by atoms with E-state index in [9.17, 15) is 4.79 Å². The number of benzene rings is 1. The summed E-state index contributed by atoms with van der Waals surface area (Å²) >= 11 is 0. The minimum Gasteiger partial charge on any atom is -0.493 e. The second-order valence-electron chi connectivity index (χ2n) is 4.86. The summed E-state index contributed by atoms with van der Waals surface area (Å²) in [6, 6.07) is 5.41. The minimum absolute atomic E-state index is 0.393. The van der Waals surface area contributed by atoms with E-state index in [-0.39, 0.29) is 0 Å². The number of primary amides is 1. The zero-order chi connectivity index (χ0) is 13.0. The van der Waals surface area contributed by atoms with Gasteiger partial charge in [-0.25, -0.2) is 0 Å². The monoisotopic (exact) mass is 248 g/mol. The molecule has 1 aromatic carbocycles. The van der Waals surface area contributed by atoms with E-state index in [1.165, 1.54) is 12.8 Å². The highest BCUT2D eigenvalue weighted by molar-refractivity contribution is 5.94. The lowest BCUT2D eigenvalue weighted by molar-refractivity contribution is 0.0999. The number of carbonyl (C=O) groups excluding carboxylic acids is 1. The summed E-state index contributed by atoms with van der Waals surface area (Å²) in [6.07, 6.45) is 2.43.